The van der Waals surface area contributed by atoms with Crippen LogP contribution >= 0.6 is 0 Å². The van der Waals surface area contributed by atoms with E-state index in [1.165, 1.54) is 0 Å². The van der Waals surface area contributed by atoms with E-state index >= 15 is 0 Å². The lowest BCUT2D eigenvalue weighted by Crippen LogP contribution is -2.40. The van der Waals surface area contributed by atoms with Crippen LogP contribution in [0.1, 0.15) is 36.0 Å². The Hall–Kier alpha value is -2.34. The Morgan fingerprint density at radius 3 is 2.77 bits per heavy atom. The number of benzene rings is 1. The average Bonchev–Trinajstić information content (AvgIpc) is 3.30. The molecule has 0 aliphatic carbocycles. The molecule has 0 radical (unpaired) electrons. The average molecular weight is 355 g/mol. The number of primary amides is 1. The number of hydrogen-bond donors (Lipinski definition) is 2. The van der Waals surface area contributed by atoms with Gasteiger partial charge in [-0.1, -0.05) is 0 Å². The van der Waals surface area contributed by atoms with Crippen LogP contribution in [0.3, 0.4) is 0 Å². The van der Waals surface area contributed by atoms with Gasteiger partial charge in [0.1, 0.15) is 0 Å². The maximum absolute atomic E-state index is 12.8. The Bertz CT molecular complexity index is 807. The fourth-order valence-corrected chi connectivity index (χ4v) is 4.28. The highest BCUT2D eigenvalue weighted by Crippen LogP contribution is 2.31. The summed E-state index contributed by atoms with van der Waals surface area (Å²) in [5.41, 5.74) is 7.26. The summed E-state index contributed by atoms with van der Waals surface area (Å²) in [6.45, 7) is 2.13. The number of fused-ring (bicyclic) bond motifs is 1. The summed E-state index contributed by atoms with van der Waals surface area (Å²) >= 11 is 0. The van der Waals surface area contributed by atoms with Crippen LogP contribution in [0, 0.1) is 11.8 Å². The summed E-state index contributed by atoms with van der Waals surface area (Å²) in [4.78, 5) is 29.4. The van der Waals surface area contributed by atoms with E-state index in [2.05, 4.69) is 4.98 Å². The zero-order valence-electron chi connectivity index (χ0n) is 14.8. The van der Waals surface area contributed by atoms with Crippen LogP contribution in [0.2, 0.25) is 0 Å². The smallest absolute Gasteiger partial charge is 0.253 e. The largest absolute Gasteiger partial charge is 0.377 e. The van der Waals surface area contributed by atoms with Crippen LogP contribution in [0.4, 0.5) is 0 Å². The first-order valence-electron chi connectivity index (χ1n) is 9.39. The van der Waals surface area contributed by atoms with Crippen LogP contribution in [0.5, 0.6) is 0 Å². The summed E-state index contributed by atoms with van der Waals surface area (Å²) in [6, 6.07) is 7.77. The van der Waals surface area contributed by atoms with Gasteiger partial charge in [0.15, 0.2) is 0 Å². The molecule has 3 heterocycles. The molecule has 2 aromatic rings. The Labute approximate surface area is 152 Å². The summed E-state index contributed by atoms with van der Waals surface area (Å²) < 4.78 is 5.72. The highest BCUT2D eigenvalue weighted by Gasteiger charge is 2.35. The van der Waals surface area contributed by atoms with Crippen molar-refractivity contribution in [3.8, 4) is 0 Å². The Morgan fingerprint density at radius 1 is 1.19 bits per heavy atom. The van der Waals surface area contributed by atoms with Gasteiger partial charge in [0.2, 0.25) is 5.91 Å². The number of aromatic amines is 1. The summed E-state index contributed by atoms with van der Waals surface area (Å²) in [5.74, 6) is 0.179. The molecule has 1 aromatic heterocycles. The van der Waals surface area contributed by atoms with Crippen molar-refractivity contribution < 1.29 is 14.3 Å². The number of H-pyrrole nitrogens is 1. The third-order valence-corrected chi connectivity index (χ3v) is 5.84. The minimum Gasteiger partial charge on any atom is -0.377 e. The summed E-state index contributed by atoms with van der Waals surface area (Å²) in [7, 11) is 0. The highest BCUT2D eigenvalue weighted by molar-refractivity contribution is 5.98. The van der Waals surface area contributed by atoms with Gasteiger partial charge in [-0.15, -0.1) is 0 Å². The number of amides is 2. The molecule has 26 heavy (non-hydrogen) atoms. The van der Waals surface area contributed by atoms with E-state index in [1.807, 2.05) is 35.4 Å². The van der Waals surface area contributed by atoms with Crippen molar-refractivity contribution in [2.75, 3.05) is 19.7 Å². The monoisotopic (exact) mass is 355 g/mol. The second kappa shape index (κ2) is 7.11. The molecule has 4 rings (SSSR count). The standard InChI is InChI=1S/C20H25N3O3/c21-19(24)16-6-10-26-18(16)11-13-4-8-23(9-5-13)20(25)15-1-2-17-14(12-15)3-7-22-17/h1-3,7,12-13,16,18,22H,4-6,8-11H2,(H2,21,24)/t16-,18-/m1/s1. The predicted octanol–water partition coefficient (Wildman–Crippen LogP) is 2.30. The van der Waals surface area contributed by atoms with E-state index in [9.17, 15) is 9.59 Å². The number of hydrogen-bond acceptors (Lipinski definition) is 3. The van der Waals surface area contributed by atoms with E-state index in [0.29, 0.717) is 12.5 Å². The lowest BCUT2D eigenvalue weighted by Gasteiger charge is -2.33. The predicted molar refractivity (Wildman–Crippen MR) is 98.6 cm³/mol. The quantitative estimate of drug-likeness (QED) is 0.882. The van der Waals surface area contributed by atoms with Crippen molar-refractivity contribution in [3.63, 3.8) is 0 Å². The SMILES string of the molecule is NC(=O)[C@@H]1CCO[C@@H]1CC1CCN(C(=O)c2ccc3[nH]ccc3c2)CC1. The molecule has 2 amide bonds. The number of carbonyl (C=O) groups excluding carboxylic acids is 2. The molecule has 138 valence electrons. The molecule has 2 atom stereocenters. The normalized spacial score (nSPS) is 24.2. The first kappa shape index (κ1) is 17.1. The molecule has 0 unspecified atom stereocenters. The summed E-state index contributed by atoms with van der Waals surface area (Å²) in [6.07, 6.45) is 5.34. The van der Waals surface area contributed by atoms with Crippen molar-refractivity contribution in [2.24, 2.45) is 17.6 Å². The first-order chi connectivity index (χ1) is 12.6. The van der Waals surface area contributed by atoms with Crippen molar-refractivity contribution in [3.05, 3.63) is 36.0 Å². The van der Waals surface area contributed by atoms with E-state index < -0.39 is 0 Å². The van der Waals surface area contributed by atoms with Crippen LogP contribution in [0.15, 0.2) is 30.5 Å². The minimum absolute atomic E-state index is 0.0456. The van der Waals surface area contributed by atoms with Gasteiger partial charge in [-0.05, 0) is 55.9 Å². The Morgan fingerprint density at radius 2 is 2.00 bits per heavy atom. The van der Waals surface area contributed by atoms with Crippen molar-refractivity contribution in [1.82, 2.24) is 9.88 Å². The number of piperidine rings is 1. The molecule has 2 fully saturated rings. The molecule has 6 heteroatoms. The lowest BCUT2D eigenvalue weighted by molar-refractivity contribution is -0.123. The van der Waals surface area contributed by atoms with Gasteiger partial charge in [-0.25, -0.2) is 0 Å². The zero-order chi connectivity index (χ0) is 18.1. The number of nitrogens with two attached hydrogens (primary N) is 1. The molecule has 1 aromatic carbocycles. The van der Waals surface area contributed by atoms with Crippen LogP contribution in [0.25, 0.3) is 10.9 Å². The number of rotatable bonds is 4. The molecular formula is C20H25N3O3. The van der Waals surface area contributed by atoms with Gasteiger partial charge < -0.3 is 20.4 Å². The lowest BCUT2D eigenvalue weighted by atomic mass is 9.86. The number of ether oxygens (including phenoxy) is 1. The second-order valence-electron chi connectivity index (χ2n) is 7.46. The molecule has 2 aliphatic heterocycles. The minimum atomic E-state index is -0.250. The number of nitrogens with zero attached hydrogens (tertiary/aromatic N) is 1. The van der Waals surface area contributed by atoms with E-state index in [-0.39, 0.29) is 23.8 Å². The molecule has 3 N–H and O–H groups in total. The van der Waals surface area contributed by atoms with Crippen molar-refractivity contribution >= 4 is 22.7 Å². The number of aromatic nitrogens is 1. The highest BCUT2D eigenvalue weighted by atomic mass is 16.5. The van der Waals surface area contributed by atoms with Gasteiger partial charge >= 0.3 is 0 Å². The van der Waals surface area contributed by atoms with Gasteiger partial charge in [0, 0.05) is 42.4 Å². The first-order valence-corrected chi connectivity index (χ1v) is 9.39. The fraction of sp³-hybridized carbons (Fsp3) is 0.500. The molecule has 0 spiro atoms. The van der Waals surface area contributed by atoms with Gasteiger partial charge in [0.25, 0.3) is 5.91 Å². The maximum atomic E-state index is 12.8. The molecule has 6 nitrogen and oxygen atoms in total. The van der Waals surface area contributed by atoms with Gasteiger partial charge in [-0.2, -0.15) is 0 Å². The van der Waals surface area contributed by atoms with E-state index in [4.69, 9.17) is 10.5 Å². The van der Waals surface area contributed by atoms with Crippen LogP contribution < -0.4 is 5.73 Å². The van der Waals surface area contributed by atoms with Crippen molar-refractivity contribution in [1.29, 1.82) is 0 Å². The molecule has 0 saturated carbocycles. The fourth-order valence-electron chi connectivity index (χ4n) is 4.28. The van der Waals surface area contributed by atoms with Gasteiger partial charge in [-0.3, -0.25) is 9.59 Å². The van der Waals surface area contributed by atoms with Crippen LogP contribution in [-0.2, 0) is 9.53 Å². The number of likely N-dealkylation sites (tertiary alicyclic amines) is 1. The maximum Gasteiger partial charge on any atom is 0.253 e. The molecule has 2 saturated heterocycles. The Kier molecular flexibility index (Phi) is 4.68. The topological polar surface area (TPSA) is 88.4 Å². The third-order valence-electron chi connectivity index (χ3n) is 5.84. The molecule has 0 bridgehead atoms. The third kappa shape index (κ3) is 3.33. The van der Waals surface area contributed by atoms with E-state index in [1.54, 1.807) is 0 Å². The number of carbonyl (C=O) groups is 2. The van der Waals surface area contributed by atoms with E-state index in [0.717, 1.165) is 55.2 Å². The second-order valence-corrected chi connectivity index (χ2v) is 7.46. The summed E-state index contributed by atoms with van der Waals surface area (Å²) in [5, 5.41) is 1.06. The van der Waals surface area contributed by atoms with Crippen LogP contribution in [-0.4, -0.2) is 47.5 Å². The molecule has 2 aliphatic rings. The zero-order valence-corrected chi connectivity index (χ0v) is 14.8. The Balaban J connectivity index is 1.34. The number of nitrogens with one attached hydrogen (secondary N) is 1. The van der Waals surface area contributed by atoms with Crippen molar-refractivity contribution in [2.45, 2.75) is 31.8 Å². The molecular weight excluding hydrogens is 330 g/mol. The van der Waals surface area contributed by atoms with Gasteiger partial charge in [0.05, 0.1) is 12.0 Å².